The molecule has 2 N–H and O–H groups in total. The molecule has 0 unspecified atom stereocenters. The smallest absolute Gasteiger partial charge is 0.256 e. The third kappa shape index (κ3) is 6.02. The fourth-order valence-corrected chi connectivity index (χ4v) is 3.79. The van der Waals surface area contributed by atoms with Gasteiger partial charge in [-0.3, -0.25) is 4.79 Å². The summed E-state index contributed by atoms with van der Waals surface area (Å²) in [5, 5.41) is 12.8. The van der Waals surface area contributed by atoms with E-state index in [0.717, 1.165) is 41.8 Å². The molecule has 1 aliphatic carbocycles. The van der Waals surface area contributed by atoms with E-state index in [1.807, 2.05) is 80.8 Å². The molecule has 33 heavy (non-hydrogen) atoms. The Balaban J connectivity index is 1.62. The number of anilines is 1. The molecule has 3 aromatic rings. The van der Waals surface area contributed by atoms with E-state index in [4.69, 9.17) is 4.74 Å². The summed E-state index contributed by atoms with van der Waals surface area (Å²) in [5.74, 6) is 1.18. The molecule has 1 amide bonds. The van der Waals surface area contributed by atoms with Gasteiger partial charge in [-0.15, -0.1) is 0 Å². The van der Waals surface area contributed by atoms with Gasteiger partial charge in [-0.1, -0.05) is 42.5 Å². The largest absolute Gasteiger partial charge is 0.508 e. The number of benzene rings is 3. The minimum Gasteiger partial charge on any atom is -0.508 e. The number of hydrogen-bond donors (Lipinski definition) is 2. The maximum Gasteiger partial charge on any atom is 0.256 e. The molecule has 0 heterocycles. The Kier molecular flexibility index (Phi) is 7.10. The van der Waals surface area contributed by atoms with E-state index in [9.17, 15) is 9.90 Å². The Labute approximate surface area is 195 Å². The van der Waals surface area contributed by atoms with Crippen LogP contribution in [-0.2, 0) is 4.79 Å². The van der Waals surface area contributed by atoms with E-state index in [1.54, 1.807) is 12.1 Å². The van der Waals surface area contributed by atoms with Crippen LogP contribution in [0.3, 0.4) is 0 Å². The second kappa shape index (κ2) is 10.4. The molecule has 5 nitrogen and oxygen atoms in total. The van der Waals surface area contributed by atoms with Gasteiger partial charge in [0.1, 0.15) is 18.1 Å². The zero-order chi connectivity index (χ0) is 23.2. The molecular formula is C28H30N2O3. The van der Waals surface area contributed by atoms with Gasteiger partial charge in [-0.2, -0.15) is 0 Å². The lowest BCUT2D eigenvalue weighted by Gasteiger charge is -2.17. The van der Waals surface area contributed by atoms with Crippen molar-refractivity contribution in [3.05, 3.63) is 90.0 Å². The van der Waals surface area contributed by atoms with Crippen LogP contribution in [-0.4, -0.2) is 43.2 Å². The number of ether oxygens (including phenoxy) is 1. The number of aromatic hydroxyl groups is 1. The monoisotopic (exact) mass is 442 g/mol. The third-order valence-corrected chi connectivity index (χ3v) is 5.64. The molecule has 0 aliphatic heterocycles. The fourth-order valence-electron chi connectivity index (χ4n) is 3.79. The van der Waals surface area contributed by atoms with Crippen LogP contribution in [0, 0.1) is 5.92 Å². The molecule has 4 rings (SSSR count). The highest BCUT2D eigenvalue weighted by Gasteiger charge is 2.32. The average molecular weight is 443 g/mol. The summed E-state index contributed by atoms with van der Waals surface area (Å²) in [7, 11) is 4.02. The number of amides is 1. The van der Waals surface area contributed by atoms with Gasteiger partial charge in [0.15, 0.2) is 0 Å². The predicted octanol–water partition coefficient (Wildman–Crippen LogP) is 5.29. The molecule has 0 saturated heterocycles. The predicted molar refractivity (Wildman–Crippen MR) is 133 cm³/mol. The molecular weight excluding hydrogens is 412 g/mol. The SMILES string of the molecule is CN(C)CCOc1ccc(NC(=O)/C(=C(\c2ccc(O)cc2)C2CC2)c2ccccc2)cc1. The number of likely N-dealkylation sites (N-methyl/N-ethyl adjacent to an activating group) is 1. The maximum atomic E-state index is 13.6. The lowest BCUT2D eigenvalue weighted by Crippen LogP contribution is -2.19. The highest BCUT2D eigenvalue weighted by molar-refractivity contribution is 6.31. The van der Waals surface area contributed by atoms with Crippen LogP contribution in [0.5, 0.6) is 11.5 Å². The van der Waals surface area contributed by atoms with Crippen molar-refractivity contribution in [3.8, 4) is 11.5 Å². The molecule has 0 atom stereocenters. The first-order valence-electron chi connectivity index (χ1n) is 11.3. The van der Waals surface area contributed by atoms with Crippen LogP contribution in [0.25, 0.3) is 11.1 Å². The summed E-state index contributed by atoms with van der Waals surface area (Å²) in [6, 6.07) is 24.4. The Morgan fingerprint density at radius 2 is 1.61 bits per heavy atom. The summed E-state index contributed by atoms with van der Waals surface area (Å²) in [4.78, 5) is 15.7. The Morgan fingerprint density at radius 3 is 2.21 bits per heavy atom. The second-order valence-corrected chi connectivity index (χ2v) is 8.61. The van der Waals surface area contributed by atoms with E-state index in [0.29, 0.717) is 23.8 Å². The maximum absolute atomic E-state index is 13.6. The molecule has 5 heteroatoms. The van der Waals surface area contributed by atoms with E-state index in [1.165, 1.54) is 0 Å². The number of nitrogens with zero attached hydrogens (tertiary/aromatic N) is 1. The van der Waals surface area contributed by atoms with Crippen LogP contribution >= 0.6 is 0 Å². The number of rotatable bonds is 9. The van der Waals surface area contributed by atoms with Gasteiger partial charge in [0.05, 0.1) is 5.57 Å². The Morgan fingerprint density at radius 1 is 0.939 bits per heavy atom. The number of hydrogen-bond acceptors (Lipinski definition) is 4. The summed E-state index contributed by atoms with van der Waals surface area (Å²) in [5.41, 5.74) is 4.27. The van der Waals surface area contributed by atoms with Crippen molar-refractivity contribution in [2.24, 2.45) is 5.92 Å². The van der Waals surface area contributed by atoms with E-state index >= 15 is 0 Å². The molecule has 1 fully saturated rings. The lowest BCUT2D eigenvalue weighted by molar-refractivity contribution is -0.111. The number of carbonyl (C=O) groups is 1. The van der Waals surface area contributed by atoms with Gasteiger partial charge < -0.3 is 20.1 Å². The number of phenols is 1. The second-order valence-electron chi connectivity index (χ2n) is 8.61. The summed E-state index contributed by atoms with van der Waals surface area (Å²) in [6.07, 6.45) is 2.11. The van der Waals surface area contributed by atoms with Crippen LogP contribution in [0.1, 0.15) is 24.0 Å². The first-order valence-corrected chi connectivity index (χ1v) is 11.3. The summed E-state index contributed by atoms with van der Waals surface area (Å²) < 4.78 is 5.75. The van der Waals surface area contributed by atoms with Crippen molar-refractivity contribution >= 4 is 22.7 Å². The first-order chi connectivity index (χ1) is 16.0. The minimum atomic E-state index is -0.141. The van der Waals surface area contributed by atoms with Crippen molar-refractivity contribution in [1.29, 1.82) is 0 Å². The highest BCUT2D eigenvalue weighted by Crippen LogP contribution is 2.46. The zero-order valence-corrected chi connectivity index (χ0v) is 19.1. The van der Waals surface area contributed by atoms with Crippen LogP contribution in [0.2, 0.25) is 0 Å². The van der Waals surface area contributed by atoms with Gasteiger partial charge in [-0.25, -0.2) is 0 Å². The number of phenolic OH excluding ortho intramolecular Hbond substituents is 1. The minimum absolute atomic E-state index is 0.141. The quantitative estimate of drug-likeness (QED) is 0.349. The van der Waals surface area contributed by atoms with Crippen molar-refractivity contribution in [2.75, 3.05) is 32.6 Å². The van der Waals surface area contributed by atoms with Gasteiger partial charge in [0.25, 0.3) is 5.91 Å². The van der Waals surface area contributed by atoms with E-state index in [-0.39, 0.29) is 11.7 Å². The highest BCUT2D eigenvalue weighted by atomic mass is 16.5. The Hall–Kier alpha value is -3.57. The molecule has 0 aromatic heterocycles. The van der Waals surface area contributed by atoms with Crippen molar-refractivity contribution in [3.63, 3.8) is 0 Å². The molecule has 0 spiro atoms. The standard InChI is InChI=1S/C28H30N2O3/c1-30(2)18-19-33-25-16-12-23(13-17-25)29-28(32)27(20-6-4-3-5-7-20)26(21-8-9-21)22-10-14-24(31)15-11-22/h3-7,10-17,21,31H,8-9,18-19H2,1-2H3,(H,29,32)/b27-26-. The molecule has 3 aromatic carbocycles. The van der Waals surface area contributed by atoms with Gasteiger partial charge in [0.2, 0.25) is 0 Å². The summed E-state index contributed by atoms with van der Waals surface area (Å²) >= 11 is 0. The third-order valence-electron chi connectivity index (χ3n) is 5.64. The van der Waals surface area contributed by atoms with Crippen LogP contribution in [0.4, 0.5) is 5.69 Å². The normalized spacial score (nSPS) is 14.0. The van der Waals surface area contributed by atoms with E-state index < -0.39 is 0 Å². The number of carbonyl (C=O) groups excluding carboxylic acids is 1. The van der Waals surface area contributed by atoms with Crippen LogP contribution in [0.15, 0.2) is 78.9 Å². The molecule has 0 bridgehead atoms. The van der Waals surface area contributed by atoms with Gasteiger partial charge in [0, 0.05) is 12.2 Å². The molecule has 1 aliphatic rings. The topological polar surface area (TPSA) is 61.8 Å². The average Bonchev–Trinajstić information content (AvgIpc) is 3.65. The van der Waals surface area contributed by atoms with Gasteiger partial charge in [-0.05, 0) is 86.0 Å². The van der Waals surface area contributed by atoms with Crippen molar-refractivity contribution in [1.82, 2.24) is 4.90 Å². The molecule has 1 saturated carbocycles. The van der Waals surface area contributed by atoms with Gasteiger partial charge >= 0.3 is 0 Å². The summed E-state index contributed by atoms with van der Waals surface area (Å²) in [6.45, 7) is 1.45. The fraction of sp³-hybridized carbons (Fsp3) is 0.250. The first kappa shape index (κ1) is 22.6. The number of allylic oxidation sites excluding steroid dienone is 1. The molecule has 170 valence electrons. The van der Waals surface area contributed by atoms with Crippen LogP contribution < -0.4 is 10.1 Å². The Bertz CT molecular complexity index is 1100. The molecule has 0 radical (unpaired) electrons. The lowest BCUT2D eigenvalue weighted by atomic mass is 9.90. The zero-order valence-electron chi connectivity index (χ0n) is 19.1. The van der Waals surface area contributed by atoms with Crippen molar-refractivity contribution < 1.29 is 14.6 Å². The van der Waals surface area contributed by atoms with E-state index in [2.05, 4.69) is 10.2 Å². The van der Waals surface area contributed by atoms with Crippen molar-refractivity contribution in [2.45, 2.75) is 12.8 Å². The number of nitrogens with one attached hydrogen (secondary N) is 1.